The minimum Gasteiger partial charge on any atom is -0.347 e. The molecule has 8 nitrogen and oxygen atoms in total. The number of H-pyrrole nitrogens is 1. The highest BCUT2D eigenvalue weighted by molar-refractivity contribution is 5.85. The van der Waals surface area contributed by atoms with Gasteiger partial charge in [-0.15, -0.1) is 0 Å². The number of amides is 1. The van der Waals surface area contributed by atoms with E-state index in [2.05, 4.69) is 25.5 Å². The number of nitrogens with one attached hydrogen (secondary N) is 2. The number of carbonyl (C=O) groups excluding carboxylic acids is 1. The van der Waals surface area contributed by atoms with Crippen LogP contribution < -0.4 is 10.2 Å². The zero-order valence-corrected chi connectivity index (χ0v) is 18.5. The summed E-state index contributed by atoms with van der Waals surface area (Å²) >= 11 is 0. The smallest absolute Gasteiger partial charge is 0.267 e. The van der Waals surface area contributed by atoms with Crippen LogP contribution in [0.25, 0.3) is 0 Å². The summed E-state index contributed by atoms with van der Waals surface area (Å²) in [5.74, 6) is -1.39. The van der Waals surface area contributed by atoms with E-state index in [4.69, 9.17) is 0 Å². The molecule has 32 heavy (non-hydrogen) atoms. The molecule has 10 heteroatoms. The third-order valence-electron chi connectivity index (χ3n) is 6.81. The summed E-state index contributed by atoms with van der Waals surface area (Å²) in [6.07, 6.45) is 6.81. The van der Waals surface area contributed by atoms with E-state index in [0.29, 0.717) is 17.6 Å². The summed E-state index contributed by atoms with van der Waals surface area (Å²) in [4.78, 5) is 24.6. The van der Waals surface area contributed by atoms with Crippen molar-refractivity contribution >= 4 is 23.5 Å². The number of aromatic amines is 1. The summed E-state index contributed by atoms with van der Waals surface area (Å²) in [5.41, 5.74) is 2.97. The number of hydrogen-bond acceptors (Lipinski definition) is 6. The van der Waals surface area contributed by atoms with Gasteiger partial charge in [-0.3, -0.25) is 9.89 Å². The highest BCUT2D eigenvalue weighted by Gasteiger charge is 2.49. The van der Waals surface area contributed by atoms with Crippen LogP contribution in [0.5, 0.6) is 0 Å². The van der Waals surface area contributed by atoms with E-state index in [9.17, 15) is 13.6 Å². The first-order valence-electron chi connectivity index (χ1n) is 11.4. The molecule has 0 unspecified atom stereocenters. The van der Waals surface area contributed by atoms with Gasteiger partial charge in [0.25, 0.3) is 5.92 Å². The molecule has 3 heterocycles. The van der Waals surface area contributed by atoms with E-state index in [0.717, 1.165) is 36.2 Å². The summed E-state index contributed by atoms with van der Waals surface area (Å²) in [6, 6.07) is 1.04. The first kappa shape index (κ1) is 21.1. The summed E-state index contributed by atoms with van der Waals surface area (Å²) in [7, 11) is 3.15. The Morgan fingerprint density at radius 1 is 1.22 bits per heavy atom. The summed E-state index contributed by atoms with van der Waals surface area (Å²) < 4.78 is 28.7. The molecule has 2 N–H and O–H groups in total. The molecule has 2 aliphatic carbocycles. The zero-order chi connectivity index (χ0) is 22.5. The minimum absolute atomic E-state index is 0.178. The molecule has 2 aromatic rings. The highest BCUT2D eigenvalue weighted by Crippen LogP contribution is 2.38. The van der Waals surface area contributed by atoms with Crippen molar-refractivity contribution in [2.45, 2.75) is 69.2 Å². The Hall–Kier alpha value is -2.78. The van der Waals surface area contributed by atoms with Crippen molar-refractivity contribution < 1.29 is 13.6 Å². The van der Waals surface area contributed by atoms with Crippen molar-refractivity contribution in [1.29, 1.82) is 0 Å². The third-order valence-corrected chi connectivity index (χ3v) is 6.81. The summed E-state index contributed by atoms with van der Waals surface area (Å²) in [6.45, 7) is -0.566. The van der Waals surface area contributed by atoms with E-state index in [1.807, 2.05) is 6.07 Å². The fourth-order valence-electron chi connectivity index (χ4n) is 5.16. The Kier molecular flexibility index (Phi) is 5.25. The van der Waals surface area contributed by atoms with Gasteiger partial charge in [-0.1, -0.05) is 12.8 Å². The van der Waals surface area contributed by atoms with Crippen LogP contribution in [0.4, 0.5) is 26.4 Å². The highest BCUT2D eigenvalue weighted by atomic mass is 19.3. The molecule has 0 aromatic carbocycles. The minimum atomic E-state index is -2.97. The molecular weight excluding hydrogens is 416 g/mol. The molecule has 0 radical (unpaired) electrons. The first-order chi connectivity index (χ1) is 15.3. The van der Waals surface area contributed by atoms with E-state index in [-0.39, 0.29) is 11.9 Å². The lowest BCUT2D eigenvalue weighted by molar-refractivity contribution is -0.130. The number of nitrogens with zero attached hydrogens (tertiary/aromatic N) is 5. The molecule has 2 fully saturated rings. The van der Waals surface area contributed by atoms with Gasteiger partial charge in [-0.05, 0) is 32.1 Å². The quantitative estimate of drug-likeness (QED) is 0.733. The normalized spacial score (nSPS) is 22.4. The molecule has 172 valence electrons. The maximum absolute atomic E-state index is 14.3. The molecule has 1 saturated carbocycles. The van der Waals surface area contributed by atoms with Crippen LogP contribution in [0.15, 0.2) is 6.07 Å². The molecule has 1 atom stereocenters. The third kappa shape index (κ3) is 3.91. The SMILES string of the molecule is CN(C)C(=O)[C@H]1CC(F)(F)CN1c1nc2c(c(Nc3cc(C4CCCC4)[nH]n3)n1)CCC2. The lowest BCUT2D eigenvalue weighted by Crippen LogP contribution is -2.43. The molecule has 3 aliphatic rings. The predicted molar refractivity (Wildman–Crippen MR) is 117 cm³/mol. The second-order valence-corrected chi connectivity index (χ2v) is 9.40. The van der Waals surface area contributed by atoms with Crippen LogP contribution in [0.2, 0.25) is 0 Å². The van der Waals surface area contributed by atoms with Gasteiger partial charge in [0, 0.05) is 43.8 Å². The van der Waals surface area contributed by atoms with Gasteiger partial charge in [0.2, 0.25) is 11.9 Å². The fraction of sp³-hybridized carbons (Fsp3) is 0.636. The number of halogens is 2. The number of rotatable bonds is 5. The number of alkyl halides is 2. The lowest BCUT2D eigenvalue weighted by atomic mass is 10.0. The second-order valence-electron chi connectivity index (χ2n) is 9.40. The number of aromatic nitrogens is 4. The first-order valence-corrected chi connectivity index (χ1v) is 11.4. The molecule has 0 spiro atoms. The molecule has 1 aliphatic heterocycles. The van der Waals surface area contributed by atoms with E-state index in [1.165, 1.54) is 35.5 Å². The number of carbonyl (C=O) groups is 1. The van der Waals surface area contributed by atoms with Crippen LogP contribution >= 0.6 is 0 Å². The maximum atomic E-state index is 14.3. The number of likely N-dealkylation sites (N-methyl/N-ethyl adjacent to an activating group) is 1. The fourth-order valence-corrected chi connectivity index (χ4v) is 5.16. The number of fused-ring (bicyclic) bond motifs is 1. The summed E-state index contributed by atoms with van der Waals surface area (Å²) in [5, 5.41) is 10.8. The number of hydrogen-bond donors (Lipinski definition) is 2. The van der Waals surface area contributed by atoms with Crippen molar-refractivity contribution in [3.05, 3.63) is 23.0 Å². The van der Waals surface area contributed by atoms with Crippen molar-refractivity contribution in [1.82, 2.24) is 25.1 Å². The van der Waals surface area contributed by atoms with Crippen molar-refractivity contribution in [3.63, 3.8) is 0 Å². The second kappa shape index (κ2) is 7.97. The number of anilines is 3. The Labute approximate surface area is 185 Å². The van der Waals surface area contributed by atoms with Gasteiger partial charge < -0.3 is 15.1 Å². The lowest BCUT2D eigenvalue weighted by Gasteiger charge is -2.26. The van der Waals surface area contributed by atoms with Crippen molar-refractivity contribution in [3.8, 4) is 0 Å². The van der Waals surface area contributed by atoms with Crippen molar-refractivity contribution in [2.24, 2.45) is 0 Å². The molecule has 2 aromatic heterocycles. The predicted octanol–water partition coefficient (Wildman–Crippen LogP) is 3.39. The van der Waals surface area contributed by atoms with Crippen LogP contribution in [0.3, 0.4) is 0 Å². The Morgan fingerprint density at radius 2 is 2.00 bits per heavy atom. The Bertz CT molecular complexity index is 1020. The van der Waals surface area contributed by atoms with Gasteiger partial charge >= 0.3 is 0 Å². The average molecular weight is 446 g/mol. The molecule has 1 amide bonds. The van der Waals surface area contributed by atoms with Gasteiger partial charge in [0.1, 0.15) is 11.9 Å². The molecule has 0 bridgehead atoms. The Morgan fingerprint density at radius 3 is 2.75 bits per heavy atom. The van der Waals surface area contributed by atoms with Crippen LogP contribution in [-0.2, 0) is 17.6 Å². The van der Waals surface area contributed by atoms with Crippen LogP contribution in [-0.4, -0.2) is 63.6 Å². The zero-order valence-electron chi connectivity index (χ0n) is 18.5. The van der Waals surface area contributed by atoms with E-state index < -0.39 is 24.9 Å². The van der Waals surface area contributed by atoms with Gasteiger partial charge in [0.15, 0.2) is 5.82 Å². The molecule has 5 rings (SSSR count). The van der Waals surface area contributed by atoms with E-state index >= 15 is 0 Å². The van der Waals surface area contributed by atoms with Gasteiger partial charge in [-0.25, -0.2) is 13.8 Å². The monoisotopic (exact) mass is 445 g/mol. The number of aryl methyl sites for hydroxylation is 1. The molecule has 1 saturated heterocycles. The van der Waals surface area contributed by atoms with E-state index in [1.54, 1.807) is 14.1 Å². The van der Waals surface area contributed by atoms with Gasteiger partial charge in [-0.2, -0.15) is 10.1 Å². The standard InChI is InChI=1S/C22H29F2N7O/c1-30(2)20(32)17-11-22(23,24)12-31(17)21-25-15-9-5-8-14(15)19(27-21)26-18-10-16(28-29-18)13-6-3-4-7-13/h10,13,17H,3-9,11-12H2,1-2H3,(H2,25,26,27,28,29)/t17-/m1/s1. The maximum Gasteiger partial charge on any atom is 0.267 e. The van der Waals surface area contributed by atoms with Gasteiger partial charge in [0.05, 0.1) is 12.2 Å². The van der Waals surface area contributed by atoms with Crippen molar-refractivity contribution in [2.75, 3.05) is 30.9 Å². The largest absolute Gasteiger partial charge is 0.347 e. The van der Waals surface area contributed by atoms with Crippen LogP contribution in [0.1, 0.15) is 61.4 Å². The topological polar surface area (TPSA) is 90.0 Å². The molecular formula is C22H29F2N7O. The Balaban J connectivity index is 1.46. The average Bonchev–Trinajstić information content (AvgIpc) is 3.52. The van der Waals surface area contributed by atoms with Crippen LogP contribution in [0, 0.1) is 0 Å².